The SMILES string of the molecule is C#CCS(=O)(=O)CC(=O)NC(C)c1ccccc1. The molecule has 0 spiro atoms. The van der Waals surface area contributed by atoms with E-state index in [1.807, 2.05) is 36.3 Å². The van der Waals surface area contributed by atoms with Crippen LogP contribution in [0.5, 0.6) is 0 Å². The molecule has 1 unspecified atom stereocenters. The first kappa shape index (κ1) is 14.3. The Morgan fingerprint density at radius 2 is 2.00 bits per heavy atom. The van der Waals surface area contributed by atoms with E-state index in [9.17, 15) is 13.2 Å². The number of hydrogen-bond donors (Lipinski definition) is 1. The molecule has 0 heterocycles. The molecule has 0 bridgehead atoms. The lowest BCUT2D eigenvalue weighted by Gasteiger charge is -2.13. The molecular formula is C13H15NO3S. The van der Waals surface area contributed by atoms with Gasteiger partial charge in [0.2, 0.25) is 5.91 Å². The van der Waals surface area contributed by atoms with Gasteiger partial charge in [-0.1, -0.05) is 36.3 Å². The predicted octanol–water partition coefficient (Wildman–Crippen LogP) is 0.912. The van der Waals surface area contributed by atoms with E-state index in [1.54, 1.807) is 6.92 Å². The first-order valence-electron chi connectivity index (χ1n) is 5.43. The van der Waals surface area contributed by atoms with Crippen molar-refractivity contribution in [3.05, 3.63) is 35.9 Å². The van der Waals surface area contributed by atoms with Crippen LogP contribution in [0.1, 0.15) is 18.5 Å². The van der Waals surface area contributed by atoms with Gasteiger partial charge in [-0.3, -0.25) is 4.79 Å². The fraction of sp³-hybridized carbons (Fsp3) is 0.308. The van der Waals surface area contributed by atoms with Crippen molar-refractivity contribution in [2.45, 2.75) is 13.0 Å². The largest absolute Gasteiger partial charge is 0.349 e. The lowest BCUT2D eigenvalue weighted by molar-refractivity contribution is -0.119. The Hall–Kier alpha value is -1.80. The highest BCUT2D eigenvalue weighted by Crippen LogP contribution is 2.10. The third kappa shape index (κ3) is 4.60. The molecule has 0 saturated heterocycles. The third-order valence-corrected chi connectivity index (χ3v) is 3.64. The zero-order chi connectivity index (χ0) is 13.6. The lowest BCUT2D eigenvalue weighted by Crippen LogP contribution is -2.33. The summed E-state index contributed by atoms with van der Waals surface area (Å²) in [6, 6.07) is 9.07. The number of carbonyl (C=O) groups excluding carboxylic acids is 1. The monoisotopic (exact) mass is 265 g/mol. The van der Waals surface area contributed by atoms with E-state index < -0.39 is 27.3 Å². The number of carbonyl (C=O) groups is 1. The van der Waals surface area contributed by atoms with E-state index in [1.165, 1.54) is 0 Å². The number of terminal acetylenes is 1. The molecule has 5 heteroatoms. The summed E-state index contributed by atoms with van der Waals surface area (Å²) in [7, 11) is -3.51. The number of sulfone groups is 1. The molecule has 0 fully saturated rings. The van der Waals surface area contributed by atoms with E-state index in [2.05, 4.69) is 5.32 Å². The molecule has 18 heavy (non-hydrogen) atoms. The molecule has 4 nitrogen and oxygen atoms in total. The molecule has 1 atom stereocenters. The van der Waals surface area contributed by atoms with E-state index >= 15 is 0 Å². The fourth-order valence-corrected chi connectivity index (χ4v) is 2.32. The Labute approximate surface area is 107 Å². The zero-order valence-electron chi connectivity index (χ0n) is 10.1. The molecular weight excluding hydrogens is 250 g/mol. The second kappa shape index (κ2) is 6.22. The number of benzene rings is 1. The zero-order valence-corrected chi connectivity index (χ0v) is 10.9. The first-order valence-corrected chi connectivity index (χ1v) is 7.25. The van der Waals surface area contributed by atoms with Crippen LogP contribution in [-0.2, 0) is 14.6 Å². The number of hydrogen-bond acceptors (Lipinski definition) is 3. The molecule has 0 aromatic heterocycles. The molecule has 1 aromatic rings. The van der Waals surface area contributed by atoms with Gasteiger partial charge in [-0.25, -0.2) is 8.42 Å². The maximum Gasteiger partial charge on any atom is 0.235 e. The van der Waals surface area contributed by atoms with Crippen LogP contribution in [-0.4, -0.2) is 25.8 Å². The average Bonchev–Trinajstić information content (AvgIpc) is 2.28. The molecule has 1 N–H and O–H groups in total. The summed E-state index contributed by atoms with van der Waals surface area (Å²) in [6.07, 6.45) is 4.92. The summed E-state index contributed by atoms with van der Waals surface area (Å²) < 4.78 is 22.7. The maximum absolute atomic E-state index is 11.6. The van der Waals surface area contributed by atoms with Gasteiger partial charge >= 0.3 is 0 Å². The Morgan fingerprint density at radius 3 is 2.56 bits per heavy atom. The van der Waals surface area contributed by atoms with Crippen molar-refractivity contribution in [2.75, 3.05) is 11.5 Å². The minimum absolute atomic E-state index is 0.236. The fourth-order valence-electron chi connectivity index (χ4n) is 1.49. The minimum atomic E-state index is -3.51. The van der Waals surface area contributed by atoms with E-state index in [0.29, 0.717) is 0 Å². The highest BCUT2D eigenvalue weighted by atomic mass is 32.2. The molecule has 1 rings (SSSR count). The third-order valence-electron chi connectivity index (χ3n) is 2.33. The topological polar surface area (TPSA) is 63.2 Å². The van der Waals surface area contributed by atoms with Gasteiger partial charge in [-0.05, 0) is 12.5 Å². The quantitative estimate of drug-likeness (QED) is 0.805. The molecule has 0 aliphatic carbocycles. The average molecular weight is 265 g/mol. The van der Waals surface area contributed by atoms with E-state index in [0.717, 1.165) is 5.56 Å². The van der Waals surface area contributed by atoms with Crippen molar-refractivity contribution >= 4 is 15.7 Å². The van der Waals surface area contributed by atoms with Crippen molar-refractivity contribution in [1.82, 2.24) is 5.32 Å². The molecule has 0 saturated carbocycles. The summed E-state index contributed by atoms with van der Waals surface area (Å²) in [5, 5.41) is 2.62. The molecule has 0 aliphatic rings. The van der Waals surface area contributed by atoms with Crippen LogP contribution in [0, 0.1) is 12.3 Å². The van der Waals surface area contributed by atoms with Crippen LogP contribution in [0.25, 0.3) is 0 Å². The smallest absolute Gasteiger partial charge is 0.235 e. The van der Waals surface area contributed by atoms with Gasteiger partial charge < -0.3 is 5.32 Å². The second-order valence-corrected chi connectivity index (χ2v) is 6.00. The first-order chi connectivity index (χ1) is 8.44. The van der Waals surface area contributed by atoms with Crippen LogP contribution < -0.4 is 5.32 Å². The van der Waals surface area contributed by atoms with Gasteiger partial charge in [-0.15, -0.1) is 6.42 Å². The normalized spacial score (nSPS) is 12.4. The van der Waals surface area contributed by atoms with Crippen LogP contribution in [0.3, 0.4) is 0 Å². The summed E-state index contributed by atoms with van der Waals surface area (Å²) in [6.45, 7) is 1.79. The second-order valence-electron chi connectivity index (χ2n) is 3.94. The van der Waals surface area contributed by atoms with Crippen molar-refractivity contribution in [2.24, 2.45) is 0 Å². The van der Waals surface area contributed by atoms with Crippen molar-refractivity contribution in [3.8, 4) is 12.3 Å². The molecule has 96 valence electrons. The van der Waals surface area contributed by atoms with Crippen molar-refractivity contribution < 1.29 is 13.2 Å². The summed E-state index contributed by atoms with van der Waals surface area (Å²) in [4.78, 5) is 11.6. The Bertz CT molecular complexity index is 543. The summed E-state index contributed by atoms with van der Waals surface area (Å²) >= 11 is 0. The number of rotatable bonds is 5. The Kier molecular flexibility index (Phi) is 4.93. The van der Waals surface area contributed by atoms with Gasteiger partial charge in [0.25, 0.3) is 0 Å². The van der Waals surface area contributed by atoms with Gasteiger partial charge in [0.15, 0.2) is 9.84 Å². The molecule has 1 amide bonds. The van der Waals surface area contributed by atoms with E-state index in [-0.39, 0.29) is 6.04 Å². The highest BCUT2D eigenvalue weighted by molar-refractivity contribution is 7.92. The lowest BCUT2D eigenvalue weighted by atomic mass is 10.1. The van der Waals surface area contributed by atoms with Crippen molar-refractivity contribution in [1.29, 1.82) is 0 Å². The number of nitrogens with one attached hydrogen (secondary N) is 1. The predicted molar refractivity (Wildman–Crippen MR) is 70.5 cm³/mol. The van der Waals surface area contributed by atoms with Gasteiger partial charge in [0.1, 0.15) is 11.5 Å². The van der Waals surface area contributed by atoms with Gasteiger partial charge in [0, 0.05) is 0 Å². The highest BCUT2D eigenvalue weighted by Gasteiger charge is 2.17. The Morgan fingerprint density at radius 1 is 1.39 bits per heavy atom. The van der Waals surface area contributed by atoms with Crippen molar-refractivity contribution in [3.63, 3.8) is 0 Å². The van der Waals surface area contributed by atoms with Crippen LogP contribution in [0.4, 0.5) is 0 Å². The van der Waals surface area contributed by atoms with Gasteiger partial charge in [0.05, 0.1) is 6.04 Å². The standard InChI is InChI=1S/C13H15NO3S/c1-3-9-18(16,17)10-13(15)14-11(2)12-7-5-4-6-8-12/h1,4-8,11H,9-10H2,2H3,(H,14,15). The van der Waals surface area contributed by atoms with E-state index in [4.69, 9.17) is 6.42 Å². The maximum atomic E-state index is 11.6. The van der Waals surface area contributed by atoms with Gasteiger partial charge in [-0.2, -0.15) is 0 Å². The summed E-state index contributed by atoms with van der Waals surface area (Å²) in [5.41, 5.74) is 0.917. The minimum Gasteiger partial charge on any atom is -0.349 e. The Balaban J connectivity index is 2.59. The number of amides is 1. The molecule has 1 aromatic carbocycles. The summed E-state index contributed by atoms with van der Waals surface area (Å²) in [5.74, 6) is 0.499. The van der Waals surface area contributed by atoms with Crippen LogP contribution in [0.2, 0.25) is 0 Å². The molecule has 0 aliphatic heterocycles. The van der Waals surface area contributed by atoms with Crippen LogP contribution in [0.15, 0.2) is 30.3 Å². The molecule has 0 radical (unpaired) electrons. The van der Waals surface area contributed by atoms with Crippen LogP contribution >= 0.6 is 0 Å².